The quantitative estimate of drug-likeness (QED) is 0.811. The topological polar surface area (TPSA) is 34.1 Å². The molecule has 2 nitrogen and oxygen atoms in total. The number of Topliss-reactive ketones (excluding diaryl/α,β-unsaturated/α-hetero) is 1. The minimum absolute atomic E-state index is 0.0718. The van der Waals surface area contributed by atoms with Gasteiger partial charge in [0.05, 0.1) is 15.7 Å². The predicted octanol–water partition coefficient (Wildman–Crippen LogP) is 4.01. The largest absolute Gasteiger partial charge is 0.293 e. The lowest BCUT2D eigenvalue weighted by atomic mass is 10.1. The van der Waals surface area contributed by atoms with Gasteiger partial charge in [0.25, 0.3) is 0 Å². The highest BCUT2D eigenvalue weighted by molar-refractivity contribution is 9.10. The van der Waals surface area contributed by atoms with E-state index in [2.05, 4.69) is 22.9 Å². The molecule has 0 saturated carbocycles. The summed E-state index contributed by atoms with van der Waals surface area (Å²) in [4.78, 5) is 13.0. The van der Waals surface area contributed by atoms with Gasteiger partial charge in [0.15, 0.2) is 5.78 Å². The number of allylic oxidation sites excluding steroid dienone is 2. The second-order valence-corrected chi connectivity index (χ2v) is 7.11. The normalized spacial score (nSPS) is 20.4. The third-order valence-electron chi connectivity index (χ3n) is 3.30. The summed E-state index contributed by atoms with van der Waals surface area (Å²) in [5.74, 6) is 0.0718. The number of benzene rings is 1. The summed E-state index contributed by atoms with van der Waals surface area (Å²) in [6.07, 6.45) is 5.48. The number of carbonyl (C=O) groups excluding carboxylic acids is 1. The molecule has 1 aliphatic carbocycles. The third-order valence-corrected chi connectivity index (χ3v) is 5.97. The first-order valence-corrected chi connectivity index (χ1v) is 8.54. The Kier molecular flexibility index (Phi) is 5.11. The van der Waals surface area contributed by atoms with Crippen LogP contribution in [0.15, 0.2) is 45.3 Å². The van der Waals surface area contributed by atoms with E-state index in [0.29, 0.717) is 11.3 Å². The Morgan fingerprint density at radius 1 is 1.37 bits per heavy atom. The molecular weight excluding hydrogens is 324 g/mol. The fourth-order valence-corrected chi connectivity index (χ4v) is 4.36. The Hall–Kier alpha value is -0.740. The molecule has 1 aromatic carbocycles. The molecule has 2 rings (SSSR count). The van der Waals surface area contributed by atoms with Gasteiger partial charge in [-0.2, -0.15) is 0 Å². The molecule has 1 unspecified atom stereocenters. The van der Waals surface area contributed by atoms with Crippen LogP contribution in [0.2, 0.25) is 0 Å². The zero-order chi connectivity index (χ0) is 13.8. The molecule has 0 aliphatic heterocycles. The molecule has 2 atom stereocenters. The predicted molar refractivity (Wildman–Crippen MR) is 81.6 cm³/mol. The molecule has 19 heavy (non-hydrogen) atoms. The lowest BCUT2D eigenvalue weighted by Gasteiger charge is -2.11. The molecule has 0 fully saturated rings. The van der Waals surface area contributed by atoms with Crippen molar-refractivity contribution in [3.05, 3.63) is 40.4 Å². The minimum Gasteiger partial charge on any atom is -0.293 e. The number of halogens is 1. The highest BCUT2D eigenvalue weighted by atomic mass is 79.9. The Morgan fingerprint density at radius 3 is 2.79 bits per heavy atom. The van der Waals surface area contributed by atoms with E-state index < -0.39 is 16.0 Å². The Morgan fingerprint density at radius 2 is 2.11 bits per heavy atom. The molecule has 1 aromatic rings. The Bertz CT molecular complexity index is 537. The molecule has 0 N–H and O–H groups in total. The molecule has 0 aromatic heterocycles. The first kappa shape index (κ1) is 14.7. The van der Waals surface area contributed by atoms with Crippen LogP contribution in [0, 0.1) is 0 Å². The monoisotopic (exact) mass is 340 g/mol. The molecule has 102 valence electrons. The summed E-state index contributed by atoms with van der Waals surface area (Å²) in [5, 5.41) is -0.398. The molecule has 0 bridgehead atoms. The van der Waals surface area contributed by atoms with Gasteiger partial charge in [-0.1, -0.05) is 31.6 Å². The van der Waals surface area contributed by atoms with Crippen molar-refractivity contribution < 1.29 is 9.00 Å². The molecule has 0 spiro atoms. The molecular formula is C15H17BrO2S. The van der Waals surface area contributed by atoms with E-state index in [4.69, 9.17) is 0 Å². The van der Waals surface area contributed by atoms with Crippen LogP contribution in [0.3, 0.4) is 0 Å². The molecule has 0 heterocycles. The van der Waals surface area contributed by atoms with Crippen LogP contribution >= 0.6 is 15.9 Å². The van der Waals surface area contributed by atoms with Crippen LogP contribution < -0.4 is 0 Å². The highest BCUT2D eigenvalue weighted by Crippen LogP contribution is 2.29. The van der Waals surface area contributed by atoms with E-state index in [1.54, 1.807) is 0 Å². The van der Waals surface area contributed by atoms with Crippen LogP contribution in [0.25, 0.3) is 0 Å². The summed E-state index contributed by atoms with van der Waals surface area (Å²) in [5.41, 5.74) is 0.868. The van der Waals surface area contributed by atoms with Crippen LogP contribution in [0.1, 0.15) is 32.6 Å². The number of carbonyl (C=O) groups is 1. The van der Waals surface area contributed by atoms with Crippen molar-refractivity contribution in [2.75, 3.05) is 0 Å². The number of hydrogen-bond donors (Lipinski definition) is 0. The summed E-state index contributed by atoms with van der Waals surface area (Å²) in [6, 6.07) is 7.41. The van der Waals surface area contributed by atoms with E-state index in [0.717, 1.165) is 29.3 Å². The zero-order valence-electron chi connectivity index (χ0n) is 10.9. The van der Waals surface area contributed by atoms with Crippen molar-refractivity contribution in [1.29, 1.82) is 0 Å². The van der Waals surface area contributed by atoms with Crippen molar-refractivity contribution in [3.8, 4) is 0 Å². The van der Waals surface area contributed by atoms with Crippen LogP contribution in [0.4, 0.5) is 0 Å². The lowest BCUT2D eigenvalue weighted by Crippen LogP contribution is -2.22. The van der Waals surface area contributed by atoms with Crippen molar-refractivity contribution >= 4 is 32.5 Å². The van der Waals surface area contributed by atoms with E-state index in [1.807, 2.05) is 30.3 Å². The Labute approximate surface area is 124 Å². The lowest BCUT2D eigenvalue weighted by molar-refractivity contribution is -0.114. The van der Waals surface area contributed by atoms with Gasteiger partial charge in [0.1, 0.15) is 5.25 Å². The third kappa shape index (κ3) is 3.23. The molecule has 4 heteroatoms. The summed E-state index contributed by atoms with van der Waals surface area (Å²) in [7, 11) is -1.28. The maximum atomic E-state index is 12.5. The van der Waals surface area contributed by atoms with Crippen molar-refractivity contribution in [2.45, 2.75) is 42.8 Å². The highest BCUT2D eigenvalue weighted by Gasteiger charge is 2.32. The van der Waals surface area contributed by atoms with Gasteiger partial charge in [0.2, 0.25) is 0 Å². The average Bonchev–Trinajstić information content (AvgIpc) is 2.77. The zero-order valence-corrected chi connectivity index (χ0v) is 13.3. The Balaban J connectivity index is 2.11. The SMILES string of the molecule is CCCCC1=CC[C@H](S(=O)c2ccccc2Br)C1=O. The second kappa shape index (κ2) is 6.62. The summed E-state index contributed by atoms with van der Waals surface area (Å²) < 4.78 is 13.3. The number of ketones is 1. The minimum atomic E-state index is -1.28. The summed E-state index contributed by atoms with van der Waals surface area (Å²) in [6.45, 7) is 2.11. The molecule has 0 radical (unpaired) electrons. The van der Waals surface area contributed by atoms with Crippen molar-refractivity contribution in [1.82, 2.24) is 0 Å². The fraction of sp³-hybridized carbons (Fsp3) is 0.400. The van der Waals surface area contributed by atoms with E-state index in [9.17, 15) is 9.00 Å². The van der Waals surface area contributed by atoms with Gasteiger partial charge >= 0.3 is 0 Å². The second-order valence-electron chi connectivity index (χ2n) is 4.65. The van der Waals surface area contributed by atoms with E-state index in [1.165, 1.54) is 0 Å². The van der Waals surface area contributed by atoms with E-state index in [-0.39, 0.29) is 5.78 Å². The van der Waals surface area contributed by atoms with Crippen molar-refractivity contribution in [2.24, 2.45) is 0 Å². The van der Waals surface area contributed by atoms with Crippen molar-refractivity contribution in [3.63, 3.8) is 0 Å². The van der Waals surface area contributed by atoms with Gasteiger partial charge in [0, 0.05) is 4.47 Å². The molecule has 1 aliphatic rings. The van der Waals surface area contributed by atoms with Gasteiger partial charge in [-0.3, -0.25) is 9.00 Å². The smallest absolute Gasteiger partial charge is 0.174 e. The maximum Gasteiger partial charge on any atom is 0.174 e. The maximum absolute atomic E-state index is 12.5. The number of rotatable bonds is 5. The molecule has 0 amide bonds. The van der Waals surface area contributed by atoms with Crippen LogP contribution in [0.5, 0.6) is 0 Å². The number of unbranched alkanes of at least 4 members (excludes halogenated alkanes) is 1. The van der Waals surface area contributed by atoms with Crippen LogP contribution in [-0.2, 0) is 15.6 Å². The fourth-order valence-electron chi connectivity index (χ4n) is 2.20. The standard InChI is InChI=1S/C15H17BrO2S/c1-2-3-6-11-9-10-14(15(11)17)19(18)13-8-5-4-7-12(13)16/h4-5,7-9,14H,2-3,6,10H2,1H3/t14-,19?/m0/s1. The first-order valence-electron chi connectivity index (χ1n) is 6.53. The van der Waals surface area contributed by atoms with Gasteiger partial charge < -0.3 is 0 Å². The van der Waals surface area contributed by atoms with Gasteiger partial charge in [-0.25, -0.2) is 0 Å². The van der Waals surface area contributed by atoms with Gasteiger partial charge in [-0.05, 0) is 52.9 Å². The molecule has 0 saturated heterocycles. The first-order chi connectivity index (χ1) is 9.15. The van der Waals surface area contributed by atoms with Crippen LogP contribution in [-0.4, -0.2) is 15.2 Å². The number of hydrogen-bond acceptors (Lipinski definition) is 2. The van der Waals surface area contributed by atoms with E-state index >= 15 is 0 Å². The van der Waals surface area contributed by atoms with Gasteiger partial charge in [-0.15, -0.1) is 0 Å². The summed E-state index contributed by atoms with van der Waals surface area (Å²) >= 11 is 3.40. The average molecular weight is 341 g/mol.